The Kier molecular flexibility index (Phi) is 5.38. The molecule has 0 aromatic rings. The quantitative estimate of drug-likeness (QED) is 0.756. The Balaban J connectivity index is 2.58. The van der Waals surface area contributed by atoms with Gasteiger partial charge < -0.3 is 10.4 Å². The van der Waals surface area contributed by atoms with Gasteiger partial charge in [0.25, 0.3) is 0 Å². The molecule has 18 heavy (non-hydrogen) atoms. The van der Waals surface area contributed by atoms with Gasteiger partial charge in [-0.3, -0.25) is 4.79 Å². The van der Waals surface area contributed by atoms with Gasteiger partial charge in [-0.05, 0) is 39.5 Å². The van der Waals surface area contributed by atoms with E-state index in [1.807, 2.05) is 6.92 Å². The molecule has 0 aliphatic heterocycles. The number of rotatable bonds is 4. The number of nitrogens with one attached hydrogen (secondary N) is 1. The van der Waals surface area contributed by atoms with Crippen LogP contribution in [0.5, 0.6) is 0 Å². The third-order valence-electron chi connectivity index (χ3n) is 3.94. The lowest BCUT2D eigenvalue weighted by Gasteiger charge is -2.28. The molecule has 1 aliphatic carbocycles. The van der Waals surface area contributed by atoms with E-state index < -0.39 is 5.97 Å². The normalized spacial score (nSPS) is 19.9. The minimum atomic E-state index is -1.03. The molecule has 1 saturated carbocycles. The lowest BCUT2D eigenvalue weighted by molar-refractivity contribution is -0.133. The highest BCUT2D eigenvalue weighted by molar-refractivity contribution is 6.01. The highest BCUT2D eigenvalue weighted by atomic mass is 16.4. The fourth-order valence-electron chi connectivity index (χ4n) is 2.40. The van der Waals surface area contributed by atoms with Crippen LogP contribution in [-0.2, 0) is 9.59 Å². The van der Waals surface area contributed by atoms with E-state index in [1.165, 1.54) is 26.2 Å². The number of hydrogen-bond donors (Lipinski definition) is 2. The molecule has 1 amide bonds. The van der Waals surface area contributed by atoms with Crippen LogP contribution in [0, 0.1) is 5.92 Å². The monoisotopic (exact) mass is 253 g/mol. The van der Waals surface area contributed by atoms with Gasteiger partial charge in [0.15, 0.2) is 0 Å². The number of carboxylic acid groups (broad SMARTS) is 1. The Labute approximate surface area is 108 Å². The zero-order chi connectivity index (χ0) is 13.7. The van der Waals surface area contributed by atoms with Crippen molar-refractivity contribution in [2.24, 2.45) is 5.92 Å². The predicted octanol–water partition coefficient (Wildman–Crippen LogP) is 2.49. The van der Waals surface area contributed by atoms with Crippen LogP contribution in [0.4, 0.5) is 0 Å². The molecule has 102 valence electrons. The van der Waals surface area contributed by atoms with E-state index in [0.717, 1.165) is 12.8 Å². The smallest absolute Gasteiger partial charge is 0.331 e. The van der Waals surface area contributed by atoms with E-state index in [-0.39, 0.29) is 17.5 Å². The van der Waals surface area contributed by atoms with Crippen molar-refractivity contribution in [3.8, 4) is 0 Å². The second-order valence-electron chi connectivity index (χ2n) is 5.22. The molecule has 1 unspecified atom stereocenters. The summed E-state index contributed by atoms with van der Waals surface area (Å²) < 4.78 is 0. The summed E-state index contributed by atoms with van der Waals surface area (Å²) in [5.74, 6) is -0.762. The second kappa shape index (κ2) is 6.57. The van der Waals surface area contributed by atoms with Gasteiger partial charge in [0, 0.05) is 17.2 Å². The molecule has 0 radical (unpaired) electrons. The lowest BCUT2D eigenvalue weighted by Crippen LogP contribution is -2.39. The fraction of sp³-hybridized carbons (Fsp3) is 0.714. The highest BCUT2D eigenvalue weighted by Gasteiger charge is 2.22. The molecule has 1 fully saturated rings. The van der Waals surface area contributed by atoms with Crippen molar-refractivity contribution in [3.63, 3.8) is 0 Å². The van der Waals surface area contributed by atoms with Crippen molar-refractivity contribution in [1.29, 1.82) is 0 Å². The average Bonchev–Trinajstić information content (AvgIpc) is 2.37. The Bertz CT molecular complexity index is 354. The zero-order valence-electron chi connectivity index (χ0n) is 11.5. The van der Waals surface area contributed by atoms with Crippen LogP contribution in [0.15, 0.2) is 11.1 Å². The first-order valence-electron chi connectivity index (χ1n) is 6.65. The van der Waals surface area contributed by atoms with E-state index in [1.54, 1.807) is 6.92 Å². The van der Waals surface area contributed by atoms with Crippen molar-refractivity contribution >= 4 is 11.9 Å². The molecule has 0 spiro atoms. The Morgan fingerprint density at radius 2 is 1.67 bits per heavy atom. The van der Waals surface area contributed by atoms with Gasteiger partial charge in [0.05, 0.1) is 0 Å². The summed E-state index contributed by atoms with van der Waals surface area (Å²) in [6, 6.07) is 0.120. The van der Waals surface area contributed by atoms with E-state index in [2.05, 4.69) is 5.32 Å². The number of carbonyl (C=O) groups excluding carboxylic acids is 1. The fourth-order valence-corrected chi connectivity index (χ4v) is 2.40. The molecule has 0 aromatic heterocycles. The first-order valence-corrected chi connectivity index (χ1v) is 6.65. The van der Waals surface area contributed by atoms with Gasteiger partial charge in [-0.25, -0.2) is 4.79 Å². The van der Waals surface area contributed by atoms with E-state index >= 15 is 0 Å². The lowest BCUT2D eigenvalue weighted by atomic mass is 9.84. The largest absolute Gasteiger partial charge is 0.478 e. The number of amides is 1. The van der Waals surface area contributed by atoms with Crippen molar-refractivity contribution in [2.45, 2.75) is 58.9 Å². The number of carboxylic acids is 1. The highest BCUT2D eigenvalue weighted by Crippen LogP contribution is 2.26. The average molecular weight is 253 g/mol. The molecule has 4 nitrogen and oxygen atoms in total. The topological polar surface area (TPSA) is 66.4 Å². The predicted molar refractivity (Wildman–Crippen MR) is 70.2 cm³/mol. The standard InChI is InChI=1S/C14H23NO3/c1-9(10(2)14(17)18)13(16)15-11(3)12-7-5-4-6-8-12/h11-12H,4-8H2,1-3H3,(H,15,16)(H,17,18). The van der Waals surface area contributed by atoms with Crippen LogP contribution in [-0.4, -0.2) is 23.0 Å². The molecule has 1 aliphatic rings. The first kappa shape index (κ1) is 14.7. The van der Waals surface area contributed by atoms with Crippen LogP contribution in [0.2, 0.25) is 0 Å². The Morgan fingerprint density at radius 3 is 2.17 bits per heavy atom. The summed E-state index contributed by atoms with van der Waals surface area (Å²) in [5, 5.41) is 11.8. The number of aliphatic carboxylic acids is 1. The summed E-state index contributed by atoms with van der Waals surface area (Å²) in [6.07, 6.45) is 6.06. The van der Waals surface area contributed by atoms with Crippen molar-refractivity contribution in [2.75, 3.05) is 0 Å². The molecule has 0 aromatic carbocycles. The number of hydrogen-bond acceptors (Lipinski definition) is 2. The van der Waals surface area contributed by atoms with Gasteiger partial charge in [0.1, 0.15) is 0 Å². The van der Waals surface area contributed by atoms with Gasteiger partial charge >= 0.3 is 5.97 Å². The van der Waals surface area contributed by atoms with E-state index in [4.69, 9.17) is 5.11 Å². The van der Waals surface area contributed by atoms with Gasteiger partial charge in [-0.2, -0.15) is 0 Å². The van der Waals surface area contributed by atoms with Crippen LogP contribution >= 0.6 is 0 Å². The minimum absolute atomic E-state index is 0.114. The summed E-state index contributed by atoms with van der Waals surface area (Å²) in [4.78, 5) is 22.7. The summed E-state index contributed by atoms with van der Waals surface area (Å²) >= 11 is 0. The van der Waals surface area contributed by atoms with Gasteiger partial charge in [-0.15, -0.1) is 0 Å². The summed E-state index contributed by atoms with van der Waals surface area (Å²) in [5.41, 5.74) is 0.411. The van der Waals surface area contributed by atoms with Gasteiger partial charge in [-0.1, -0.05) is 19.3 Å². The Hall–Kier alpha value is -1.32. The number of carbonyl (C=O) groups is 2. The molecular weight excluding hydrogens is 230 g/mol. The third-order valence-corrected chi connectivity index (χ3v) is 3.94. The molecule has 2 N–H and O–H groups in total. The van der Waals surface area contributed by atoms with E-state index in [0.29, 0.717) is 11.5 Å². The molecule has 1 atom stereocenters. The summed E-state index contributed by atoms with van der Waals surface area (Å²) in [7, 11) is 0. The van der Waals surface area contributed by atoms with Crippen LogP contribution in [0.25, 0.3) is 0 Å². The first-order chi connectivity index (χ1) is 8.43. The van der Waals surface area contributed by atoms with Crippen molar-refractivity contribution < 1.29 is 14.7 Å². The zero-order valence-corrected chi connectivity index (χ0v) is 11.5. The van der Waals surface area contributed by atoms with Crippen molar-refractivity contribution in [1.82, 2.24) is 5.32 Å². The molecular formula is C14H23NO3. The van der Waals surface area contributed by atoms with Crippen molar-refractivity contribution in [3.05, 3.63) is 11.1 Å². The Morgan fingerprint density at radius 1 is 1.11 bits per heavy atom. The third kappa shape index (κ3) is 3.86. The van der Waals surface area contributed by atoms with Gasteiger partial charge in [0.2, 0.25) is 5.91 Å². The second-order valence-corrected chi connectivity index (χ2v) is 5.22. The minimum Gasteiger partial charge on any atom is -0.478 e. The van der Waals surface area contributed by atoms with Crippen LogP contribution in [0.1, 0.15) is 52.9 Å². The maximum absolute atomic E-state index is 11.9. The molecule has 0 heterocycles. The molecule has 0 bridgehead atoms. The van der Waals surface area contributed by atoms with E-state index in [9.17, 15) is 9.59 Å². The van der Waals surface area contributed by atoms with Crippen LogP contribution < -0.4 is 5.32 Å². The molecule has 0 saturated heterocycles. The SMILES string of the molecule is CC(C(=O)O)=C(C)C(=O)NC(C)C1CCCCC1. The maximum Gasteiger partial charge on any atom is 0.331 e. The molecule has 4 heteroatoms. The summed E-state index contributed by atoms with van der Waals surface area (Å²) in [6.45, 7) is 5.03. The molecule has 1 rings (SSSR count). The van der Waals surface area contributed by atoms with Crippen LogP contribution in [0.3, 0.4) is 0 Å². The maximum atomic E-state index is 11.9.